The van der Waals surface area contributed by atoms with Crippen LogP contribution in [0.3, 0.4) is 0 Å². The van der Waals surface area contributed by atoms with Gasteiger partial charge in [-0.25, -0.2) is 9.78 Å². The van der Waals surface area contributed by atoms with Gasteiger partial charge in [-0.2, -0.15) is 0 Å². The Morgan fingerprint density at radius 2 is 2.06 bits per heavy atom. The Bertz CT molecular complexity index is 451. The fraction of sp³-hybridized carbons (Fsp3) is 0.545. The van der Waals surface area contributed by atoms with Crippen molar-refractivity contribution in [2.75, 3.05) is 13.2 Å². The Balaban J connectivity index is 2.92. The van der Waals surface area contributed by atoms with Crippen molar-refractivity contribution in [2.24, 2.45) is 0 Å². The lowest BCUT2D eigenvalue weighted by Gasteiger charge is -2.17. The van der Waals surface area contributed by atoms with E-state index >= 15 is 0 Å². The van der Waals surface area contributed by atoms with Crippen LogP contribution in [0.1, 0.15) is 24.2 Å². The van der Waals surface area contributed by atoms with E-state index in [1.165, 1.54) is 10.9 Å². The van der Waals surface area contributed by atoms with E-state index < -0.39 is 17.8 Å². The van der Waals surface area contributed by atoms with Gasteiger partial charge in [-0.3, -0.25) is 9.36 Å². The number of aromatic nitrogens is 2. The molecule has 0 bridgehead atoms. The van der Waals surface area contributed by atoms with Crippen LogP contribution >= 0.6 is 0 Å². The molecule has 1 aromatic rings. The molecule has 1 aromatic heterocycles. The van der Waals surface area contributed by atoms with E-state index in [9.17, 15) is 9.59 Å². The second-order valence-corrected chi connectivity index (χ2v) is 3.41. The molecule has 7 heteroatoms. The summed E-state index contributed by atoms with van der Waals surface area (Å²) in [6, 6.07) is 0. The first-order valence-electron chi connectivity index (χ1n) is 5.61. The molecule has 7 nitrogen and oxygen atoms in total. The smallest absolute Gasteiger partial charge is 0.342 e. The van der Waals surface area contributed by atoms with Crippen LogP contribution in [0.15, 0.2) is 17.3 Å². The highest BCUT2D eigenvalue weighted by molar-refractivity contribution is 5.86. The third kappa shape index (κ3) is 3.64. The van der Waals surface area contributed by atoms with Gasteiger partial charge in [-0.05, 0) is 13.8 Å². The zero-order chi connectivity index (χ0) is 13.5. The summed E-state index contributed by atoms with van der Waals surface area (Å²) in [5.74, 6) is -1.30. The number of carboxylic acids is 1. The van der Waals surface area contributed by atoms with Crippen molar-refractivity contribution in [3.63, 3.8) is 0 Å². The predicted molar refractivity (Wildman–Crippen MR) is 62.5 cm³/mol. The summed E-state index contributed by atoms with van der Waals surface area (Å²) < 4.78 is 11.7. The lowest BCUT2D eigenvalue weighted by molar-refractivity contribution is -0.144. The van der Waals surface area contributed by atoms with Crippen molar-refractivity contribution in [1.29, 1.82) is 0 Å². The molecule has 0 spiro atoms. The highest BCUT2D eigenvalue weighted by Crippen LogP contribution is 1.99. The maximum Gasteiger partial charge on any atom is 0.342 e. The van der Waals surface area contributed by atoms with Crippen molar-refractivity contribution in [3.8, 4) is 0 Å². The number of rotatable bonds is 7. The largest absolute Gasteiger partial charge is 0.477 e. The lowest BCUT2D eigenvalue weighted by Crippen LogP contribution is -2.33. The van der Waals surface area contributed by atoms with Crippen molar-refractivity contribution in [2.45, 2.75) is 26.7 Å². The van der Waals surface area contributed by atoms with E-state index in [0.717, 1.165) is 6.20 Å². The topological polar surface area (TPSA) is 90.7 Å². The van der Waals surface area contributed by atoms with Gasteiger partial charge in [0.05, 0.1) is 12.9 Å². The van der Waals surface area contributed by atoms with E-state index in [-0.39, 0.29) is 12.1 Å². The molecule has 100 valence electrons. The van der Waals surface area contributed by atoms with Gasteiger partial charge >= 0.3 is 5.97 Å². The van der Waals surface area contributed by atoms with Crippen LogP contribution in [0.2, 0.25) is 0 Å². The number of ether oxygens (including phenoxy) is 2. The normalized spacial score (nSPS) is 10.8. The summed E-state index contributed by atoms with van der Waals surface area (Å²) >= 11 is 0. The van der Waals surface area contributed by atoms with Crippen LogP contribution in [-0.4, -0.2) is 40.1 Å². The summed E-state index contributed by atoms with van der Waals surface area (Å²) in [5.41, 5.74) is -0.994. The molecule has 0 atom stereocenters. The number of nitrogens with zero attached hydrogens (tertiary/aromatic N) is 2. The Morgan fingerprint density at radius 3 is 2.56 bits per heavy atom. The average molecular weight is 256 g/mol. The fourth-order valence-corrected chi connectivity index (χ4v) is 1.41. The molecule has 0 unspecified atom stereocenters. The van der Waals surface area contributed by atoms with Gasteiger partial charge in [-0.15, -0.1) is 0 Å². The maximum atomic E-state index is 11.8. The monoisotopic (exact) mass is 256 g/mol. The molecule has 0 radical (unpaired) electrons. The van der Waals surface area contributed by atoms with Gasteiger partial charge in [0.2, 0.25) is 0 Å². The van der Waals surface area contributed by atoms with Crippen molar-refractivity contribution < 1.29 is 19.4 Å². The van der Waals surface area contributed by atoms with E-state index in [4.69, 9.17) is 14.6 Å². The molecule has 0 aliphatic carbocycles. The Hall–Kier alpha value is -1.73. The molecular formula is C11H16N2O5. The number of carbonyl (C=O) groups is 1. The standard InChI is InChI=1S/C11H16N2O5/c1-3-17-9(18-4-2)6-13-7-12-5-8(10(13)14)11(15)16/h5,7,9H,3-4,6H2,1-2H3,(H,15,16). The first-order chi connectivity index (χ1) is 8.60. The Morgan fingerprint density at radius 1 is 1.44 bits per heavy atom. The third-order valence-corrected chi connectivity index (χ3v) is 2.18. The van der Waals surface area contributed by atoms with Gasteiger partial charge in [0.25, 0.3) is 5.56 Å². The minimum Gasteiger partial charge on any atom is -0.477 e. The zero-order valence-corrected chi connectivity index (χ0v) is 10.3. The number of aromatic carboxylic acids is 1. The first kappa shape index (κ1) is 14.3. The second kappa shape index (κ2) is 6.87. The predicted octanol–water partition coefficient (Wildman–Crippen LogP) is 0.341. The first-order valence-corrected chi connectivity index (χ1v) is 5.61. The highest BCUT2D eigenvalue weighted by Gasteiger charge is 2.15. The molecule has 1 rings (SSSR count). The Labute approximate surface area is 104 Å². The summed E-state index contributed by atoms with van der Waals surface area (Å²) in [6.45, 7) is 4.59. The van der Waals surface area contributed by atoms with E-state index in [2.05, 4.69) is 4.98 Å². The maximum absolute atomic E-state index is 11.8. The molecule has 0 aliphatic heterocycles. The molecule has 1 N–H and O–H groups in total. The number of hydrogen-bond donors (Lipinski definition) is 1. The minimum atomic E-state index is -1.30. The second-order valence-electron chi connectivity index (χ2n) is 3.41. The van der Waals surface area contributed by atoms with Crippen LogP contribution in [-0.2, 0) is 16.0 Å². The SMILES string of the molecule is CCOC(Cn1cncc(C(=O)O)c1=O)OCC. The van der Waals surface area contributed by atoms with E-state index in [1.54, 1.807) is 13.8 Å². The van der Waals surface area contributed by atoms with Crippen LogP contribution in [0.25, 0.3) is 0 Å². The molecule has 0 fully saturated rings. The highest BCUT2D eigenvalue weighted by atomic mass is 16.7. The zero-order valence-electron chi connectivity index (χ0n) is 10.3. The molecule has 0 aromatic carbocycles. The van der Waals surface area contributed by atoms with Crippen LogP contribution in [0, 0.1) is 0 Å². The summed E-state index contributed by atoms with van der Waals surface area (Å²) in [4.78, 5) is 26.3. The van der Waals surface area contributed by atoms with Crippen molar-refractivity contribution >= 4 is 5.97 Å². The van der Waals surface area contributed by atoms with Crippen molar-refractivity contribution in [3.05, 3.63) is 28.4 Å². The van der Waals surface area contributed by atoms with E-state index in [0.29, 0.717) is 13.2 Å². The quantitative estimate of drug-likeness (QED) is 0.707. The van der Waals surface area contributed by atoms with Gasteiger partial charge in [0.1, 0.15) is 5.56 Å². The molecule has 0 saturated carbocycles. The summed E-state index contributed by atoms with van der Waals surface area (Å²) in [7, 11) is 0. The van der Waals surface area contributed by atoms with Gasteiger partial charge in [-0.1, -0.05) is 0 Å². The molecular weight excluding hydrogens is 240 g/mol. The molecule has 18 heavy (non-hydrogen) atoms. The van der Waals surface area contributed by atoms with Crippen LogP contribution in [0.5, 0.6) is 0 Å². The fourth-order valence-electron chi connectivity index (χ4n) is 1.41. The number of carboxylic acid groups (broad SMARTS) is 1. The average Bonchev–Trinajstić information content (AvgIpc) is 2.32. The molecule has 0 aliphatic rings. The summed E-state index contributed by atoms with van der Waals surface area (Å²) in [6.07, 6.45) is 1.70. The summed E-state index contributed by atoms with van der Waals surface area (Å²) in [5, 5.41) is 8.82. The van der Waals surface area contributed by atoms with Gasteiger partial charge < -0.3 is 14.6 Å². The van der Waals surface area contributed by atoms with Gasteiger partial charge in [0, 0.05) is 19.4 Å². The lowest BCUT2D eigenvalue weighted by atomic mass is 10.3. The number of hydrogen-bond acceptors (Lipinski definition) is 5. The molecule has 1 heterocycles. The molecule has 0 saturated heterocycles. The van der Waals surface area contributed by atoms with Gasteiger partial charge in [0.15, 0.2) is 6.29 Å². The van der Waals surface area contributed by atoms with E-state index in [1.807, 2.05) is 0 Å². The minimum absolute atomic E-state index is 0.106. The third-order valence-electron chi connectivity index (χ3n) is 2.18. The van der Waals surface area contributed by atoms with Crippen molar-refractivity contribution in [1.82, 2.24) is 9.55 Å². The van der Waals surface area contributed by atoms with Crippen LogP contribution in [0.4, 0.5) is 0 Å². The van der Waals surface area contributed by atoms with Crippen LogP contribution < -0.4 is 5.56 Å². The molecule has 0 amide bonds. The Kier molecular flexibility index (Phi) is 5.47.